The average molecular weight is 144 g/mol. The van der Waals surface area contributed by atoms with E-state index in [1.54, 1.807) is 5.41 Å². The smallest absolute Gasteiger partial charge is 0.0162 e. The lowest BCUT2D eigenvalue weighted by atomic mass is 10.2. The molecule has 0 heterocycles. The van der Waals surface area contributed by atoms with Crippen LogP contribution in [0.25, 0.3) is 0 Å². The van der Waals surface area contributed by atoms with Gasteiger partial charge in [-0.3, -0.25) is 0 Å². The molecule has 0 amide bonds. The minimum Gasteiger partial charge on any atom is -0.326 e. The molecule has 0 aliphatic carbocycles. The van der Waals surface area contributed by atoms with Crippen molar-refractivity contribution in [3.63, 3.8) is 0 Å². The third-order valence-electron chi connectivity index (χ3n) is 0.929. The molecule has 9 heavy (non-hydrogen) atoms. The second-order valence-corrected chi connectivity index (χ2v) is 2.29. The third-order valence-corrected chi connectivity index (χ3v) is 1.44. The monoisotopic (exact) mass is 144 g/mol. The molecule has 0 saturated heterocycles. The van der Waals surface area contributed by atoms with E-state index in [2.05, 4.69) is 6.08 Å². The van der Waals surface area contributed by atoms with Crippen LogP contribution in [0.2, 0.25) is 0 Å². The van der Waals surface area contributed by atoms with Crippen LogP contribution in [0, 0.1) is 0 Å². The minimum atomic E-state index is 0.764. The zero-order chi connectivity index (χ0) is 7.11. The van der Waals surface area contributed by atoms with Crippen LogP contribution in [0.1, 0.15) is 20.3 Å². The Morgan fingerprint density at radius 2 is 2.33 bits per heavy atom. The predicted molar refractivity (Wildman–Crippen MR) is 43.4 cm³/mol. The van der Waals surface area contributed by atoms with Crippen LogP contribution in [0.4, 0.5) is 0 Å². The molecule has 1 nitrogen and oxygen atoms in total. The molecule has 0 unspecified atom stereocenters. The van der Waals surface area contributed by atoms with Gasteiger partial charge in [-0.1, -0.05) is 17.7 Å². The summed E-state index contributed by atoms with van der Waals surface area (Å²) >= 11 is 0.764. The molecule has 0 fully saturated rings. The van der Waals surface area contributed by atoms with E-state index in [-0.39, 0.29) is 0 Å². The van der Waals surface area contributed by atoms with Gasteiger partial charge in [0.1, 0.15) is 0 Å². The van der Waals surface area contributed by atoms with Gasteiger partial charge in [-0.15, -0.1) is 0 Å². The fourth-order valence-electron chi connectivity index (χ4n) is 0.442. The SMILES string of the molecule is C/C=C\C/C(C)=C/SO. The quantitative estimate of drug-likeness (QED) is 0.485. The van der Waals surface area contributed by atoms with E-state index in [1.807, 2.05) is 19.9 Å². The Labute approximate surface area is 60.7 Å². The lowest BCUT2D eigenvalue weighted by molar-refractivity contribution is 0.671. The van der Waals surface area contributed by atoms with Crippen LogP contribution in [0.3, 0.4) is 0 Å². The number of hydrogen-bond acceptors (Lipinski definition) is 2. The molecule has 0 aromatic rings. The first-order valence-corrected chi connectivity index (χ1v) is 3.72. The summed E-state index contributed by atoms with van der Waals surface area (Å²) in [6, 6.07) is 0. The summed E-state index contributed by atoms with van der Waals surface area (Å²) in [5, 5.41) is 1.74. The Morgan fingerprint density at radius 1 is 1.67 bits per heavy atom. The third kappa shape index (κ3) is 5.66. The summed E-state index contributed by atoms with van der Waals surface area (Å²) in [6.07, 6.45) is 4.99. The van der Waals surface area contributed by atoms with Crippen LogP contribution in [0.15, 0.2) is 23.1 Å². The first-order chi connectivity index (χ1) is 4.31. The van der Waals surface area contributed by atoms with Crippen molar-refractivity contribution in [1.82, 2.24) is 0 Å². The molecule has 52 valence electrons. The van der Waals surface area contributed by atoms with E-state index in [0.717, 1.165) is 18.5 Å². The van der Waals surface area contributed by atoms with E-state index < -0.39 is 0 Å². The summed E-state index contributed by atoms with van der Waals surface area (Å²) in [6.45, 7) is 3.97. The molecule has 2 heteroatoms. The highest BCUT2D eigenvalue weighted by molar-refractivity contribution is 7.96. The van der Waals surface area contributed by atoms with Crippen molar-refractivity contribution in [2.45, 2.75) is 20.3 Å². The molecule has 0 radical (unpaired) electrons. The normalized spacial score (nSPS) is 13.0. The topological polar surface area (TPSA) is 20.2 Å². The van der Waals surface area contributed by atoms with Gasteiger partial charge in [-0.25, -0.2) is 0 Å². The van der Waals surface area contributed by atoms with Crippen molar-refractivity contribution in [2.75, 3.05) is 0 Å². The summed E-state index contributed by atoms with van der Waals surface area (Å²) < 4.78 is 8.35. The van der Waals surface area contributed by atoms with Gasteiger partial charge in [0.15, 0.2) is 0 Å². The number of rotatable bonds is 3. The minimum absolute atomic E-state index is 0.764. The fraction of sp³-hybridized carbons (Fsp3) is 0.429. The molecule has 0 aromatic heterocycles. The van der Waals surface area contributed by atoms with E-state index in [4.69, 9.17) is 4.55 Å². The van der Waals surface area contributed by atoms with Gasteiger partial charge in [-0.05, 0) is 25.7 Å². The number of allylic oxidation sites excluding steroid dienone is 3. The van der Waals surface area contributed by atoms with Gasteiger partial charge in [0.25, 0.3) is 0 Å². The second-order valence-electron chi connectivity index (χ2n) is 1.84. The van der Waals surface area contributed by atoms with Gasteiger partial charge in [-0.2, -0.15) is 0 Å². The van der Waals surface area contributed by atoms with Crippen LogP contribution in [0.5, 0.6) is 0 Å². The van der Waals surface area contributed by atoms with Crippen LogP contribution < -0.4 is 0 Å². The van der Waals surface area contributed by atoms with E-state index >= 15 is 0 Å². The fourth-order valence-corrected chi connectivity index (χ4v) is 0.718. The molecular weight excluding hydrogens is 132 g/mol. The summed E-state index contributed by atoms with van der Waals surface area (Å²) in [7, 11) is 0. The van der Waals surface area contributed by atoms with E-state index in [0.29, 0.717) is 0 Å². The van der Waals surface area contributed by atoms with Gasteiger partial charge in [0.2, 0.25) is 0 Å². The Morgan fingerprint density at radius 3 is 2.78 bits per heavy atom. The lowest BCUT2D eigenvalue weighted by Crippen LogP contribution is -1.68. The molecule has 0 atom stereocenters. The molecule has 0 spiro atoms. The first-order valence-electron chi connectivity index (χ1n) is 2.88. The summed E-state index contributed by atoms with van der Waals surface area (Å²) in [5.41, 5.74) is 1.18. The Bertz CT molecular complexity index is 116. The van der Waals surface area contributed by atoms with Gasteiger partial charge >= 0.3 is 0 Å². The Kier molecular flexibility index (Phi) is 5.78. The number of hydrogen-bond donors (Lipinski definition) is 1. The maximum Gasteiger partial charge on any atom is 0.0162 e. The molecule has 0 aliphatic rings. The van der Waals surface area contributed by atoms with E-state index in [9.17, 15) is 0 Å². The maximum atomic E-state index is 8.35. The lowest BCUT2D eigenvalue weighted by Gasteiger charge is -1.90. The van der Waals surface area contributed by atoms with Crippen molar-refractivity contribution in [1.29, 1.82) is 0 Å². The molecule has 0 aliphatic heterocycles. The van der Waals surface area contributed by atoms with Gasteiger partial charge in [0, 0.05) is 12.0 Å². The Hall–Kier alpha value is -0.210. The van der Waals surface area contributed by atoms with Crippen molar-refractivity contribution < 1.29 is 4.55 Å². The maximum absolute atomic E-state index is 8.35. The molecular formula is C7H12OS. The van der Waals surface area contributed by atoms with Crippen molar-refractivity contribution >= 4 is 12.0 Å². The molecule has 0 bridgehead atoms. The first kappa shape index (κ1) is 8.79. The van der Waals surface area contributed by atoms with Crippen LogP contribution in [-0.4, -0.2) is 4.55 Å². The van der Waals surface area contributed by atoms with E-state index in [1.165, 1.54) is 5.57 Å². The highest BCUT2D eigenvalue weighted by atomic mass is 32.2. The highest BCUT2D eigenvalue weighted by Crippen LogP contribution is 2.06. The zero-order valence-electron chi connectivity index (χ0n) is 5.79. The highest BCUT2D eigenvalue weighted by Gasteiger charge is 1.81. The molecule has 0 rings (SSSR count). The van der Waals surface area contributed by atoms with Gasteiger partial charge in [0.05, 0.1) is 0 Å². The average Bonchev–Trinajstić information content (AvgIpc) is 1.85. The zero-order valence-corrected chi connectivity index (χ0v) is 6.61. The molecule has 1 N–H and O–H groups in total. The second kappa shape index (κ2) is 5.92. The van der Waals surface area contributed by atoms with Crippen LogP contribution >= 0.6 is 12.0 Å². The molecule has 0 aromatic carbocycles. The molecule has 0 saturated carbocycles. The van der Waals surface area contributed by atoms with Gasteiger partial charge < -0.3 is 4.55 Å². The van der Waals surface area contributed by atoms with Crippen LogP contribution in [-0.2, 0) is 0 Å². The standard InChI is InChI=1S/C7H12OS/c1-3-4-5-7(2)6-9-8/h3-4,6,8H,5H2,1-2H3/b4-3-,7-6+. The largest absolute Gasteiger partial charge is 0.326 e. The van der Waals surface area contributed by atoms with Crippen molar-refractivity contribution in [2.24, 2.45) is 0 Å². The van der Waals surface area contributed by atoms with Crippen molar-refractivity contribution in [3.8, 4) is 0 Å². The summed E-state index contributed by atoms with van der Waals surface area (Å²) in [5.74, 6) is 0. The Balaban J connectivity index is 3.49. The van der Waals surface area contributed by atoms with Crippen molar-refractivity contribution in [3.05, 3.63) is 23.1 Å². The summed E-state index contributed by atoms with van der Waals surface area (Å²) in [4.78, 5) is 0. The predicted octanol–water partition coefficient (Wildman–Crippen LogP) is 3.06.